The van der Waals surface area contributed by atoms with Crippen LogP contribution in [-0.4, -0.2) is 46.5 Å². The highest BCUT2D eigenvalue weighted by molar-refractivity contribution is 5.92. The van der Waals surface area contributed by atoms with E-state index < -0.39 is 23.8 Å². The predicted molar refractivity (Wildman–Crippen MR) is 149 cm³/mol. The first-order valence-corrected chi connectivity index (χ1v) is 13.7. The zero-order chi connectivity index (χ0) is 27.8. The number of nitrogens with zero attached hydrogens (tertiary/aromatic N) is 1. The summed E-state index contributed by atoms with van der Waals surface area (Å²) in [5.41, 5.74) is 0.890. The van der Waals surface area contributed by atoms with Crippen LogP contribution < -0.4 is 10.6 Å². The summed E-state index contributed by atoms with van der Waals surface area (Å²) < 4.78 is 5.47. The van der Waals surface area contributed by atoms with Gasteiger partial charge < -0.3 is 20.3 Å². The smallest absolute Gasteiger partial charge is 0.408 e. The zero-order valence-corrected chi connectivity index (χ0v) is 23.8. The summed E-state index contributed by atoms with van der Waals surface area (Å²) in [7, 11) is 0. The van der Waals surface area contributed by atoms with E-state index in [-0.39, 0.29) is 29.8 Å². The normalized spacial score (nSPS) is 16.9. The minimum atomic E-state index is -0.846. The molecule has 0 saturated heterocycles. The number of benzene rings is 1. The average Bonchev–Trinajstić information content (AvgIpc) is 2.84. The summed E-state index contributed by atoms with van der Waals surface area (Å²) in [5, 5.41) is 6.04. The van der Waals surface area contributed by atoms with Gasteiger partial charge in [-0.15, -0.1) is 0 Å². The number of carbonyl (C=O) groups is 3. The Morgan fingerprint density at radius 1 is 1.14 bits per heavy atom. The van der Waals surface area contributed by atoms with Gasteiger partial charge in [0.2, 0.25) is 11.8 Å². The Balaban J connectivity index is 2.49. The van der Waals surface area contributed by atoms with Crippen LogP contribution in [0.3, 0.4) is 0 Å². The third-order valence-corrected chi connectivity index (χ3v) is 6.90. The monoisotopic (exact) mass is 513 g/mol. The molecule has 7 nitrogen and oxygen atoms in total. The molecule has 2 N–H and O–H groups in total. The van der Waals surface area contributed by atoms with Crippen molar-refractivity contribution in [2.24, 2.45) is 5.92 Å². The Labute approximate surface area is 223 Å². The summed E-state index contributed by atoms with van der Waals surface area (Å²) in [5.74, 6) is -0.666. The maximum absolute atomic E-state index is 14.2. The fraction of sp³-hybridized carbons (Fsp3) is 0.633. The summed E-state index contributed by atoms with van der Waals surface area (Å²) in [6, 6.07) is 5.69. The van der Waals surface area contributed by atoms with E-state index >= 15 is 0 Å². The van der Waals surface area contributed by atoms with E-state index in [0.717, 1.165) is 31.2 Å². The van der Waals surface area contributed by atoms with Crippen molar-refractivity contribution in [3.05, 3.63) is 42.0 Å². The van der Waals surface area contributed by atoms with Gasteiger partial charge in [0.05, 0.1) is 0 Å². The fourth-order valence-electron chi connectivity index (χ4n) is 4.78. The lowest BCUT2D eigenvalue weighted by atomic mass is 9.93. The quantitative estimate of drug-likeness (QED) is 0.402. The van der Waals surface area contributed by atoms with Crippen LogP contribution in [0.2, 0.25) is 0 Å². The number of carbonyl (C=O) groups excluding carboxylic acids is 3. The Hall–Kier alpha value is -2.83. The second-order valence-corrected chi connectivity index (χ2v) is 11.5. The van der Waals surface area contributed by atoms with E-state index in [1.54, 1.807) is 31.7 Å². The molecular formula is C30H47N3O4. The predicted octanol–water partition coefficient (Wildman–Crippen LogP) is 6.00. The van der Waals surface area contributed by atoms with Crippen LogP contribution in [-0.2, 0) is 14.3 Å². The van der Waals surface area contributed by atoms with Crippen LogP contribution in [0.5, 0.6) is 0 Å². The van der Waals surface area contributed by atoms with Gasteiger partial charge >= 0.3 is 6.09 Å². The van der Waals surface area contributed by atoms with Gasteiger partial charge in [-0.2, -0.15) is 0 Å². The molecule has 3 atom stereocenters. The molecule has 0 aliphatic heterocycles. The van der Waals surface area contributed by atoms with Crippen molar-refractivity contribution in [1.82, 2.24) is 15.5 Å². The van der Waals surface area contributed by atoms with Crippen LogP contribution in [0.15, 0.2) is 30.8 Å². The number of rotatable bonds is 10. The molecule has 1 aromatic rings. The third kappa shape index (κ3) is 8.90. The Morgan fingerprint density at radius 3 is 2.32 bits per heavy atom. The highest BCUT2D eigenvalue weighted by Gasteiger charge is 2.40. The van der Waals surface area contributed by atoms with E-state index in [9.17, 15) is 14.4 Å². The van der Waals surface area contributed by atoms with Crippen molar-refractivity contribution in [2.45, 2.75) is 117 Å². The largest absolute Gasteiger partial charge is 0.444 e. The van der Waals surface area contributed by atoms with E-state index in [1.165, 1.54) is 6.42 Å². The lowest BCUT2D eigenvalue weighted by molar-refractivity contribution is -0.146. The van der Waals surface area contributed by atoms with E-state index in [4.69, 9.17) is 4.74 Å². The highest BCUT2D eigenvalue weighted by Crippen LogP contribution is 2.29. The van der Waals surface area contributed by atoms with Crippen molar-refractivity contribution >= 4 is 24.0 Å². The van der Waals surface area contributed by atoms with Gasteiger partial charge in [0.25, 0.3) is 0 Å². The second-order valence-electron chi connectivity index (χ2n) is 11.5. The Morgan fingerprint density at radius 2 is 1.78 bits per heavy atom. The molecule has 3 amide bonds. The molecule has 0 spiro atoms. The van der Waals surface area contributed by atoms with Crippen LogP contribution in [0.1, 0.15) is 104 Å². The molecule has 7 heteroatoms. The first-order chi connectivity index (χ1) is 17.4. The first kappa shape index (κ1) is 30.4. The zero-order valence-electron chi connectivity index (χ0n) is 23.8. The fourth-order valence-corrected chi connectivity index (χ4v) is 4.78. The topological polar surface area (TPSA) is 87.7 Å². The number of amides is 3. The van der Waals surface area contributed by atoms with Crippen LogP contribution in [0.25, 0.3) is 6.08 Å². The van der Waals surface area contributed by atoms with E-state index in [2.05, 4.69) is 17.2 Å². The second kappa shape index (κ2) is 13.6. The average molecular weight is 514 g/mol. The number of hydrogen-bond acceptors (Lipinski definition) is 4. The third-order valence-electron chi connectivity index (χ3n) is 6.90. The Kier molecular flexibility index (Phi) is 11.2. The minimum Gasteiger partial charge on any atom is -0.444 e. The molecule has 0 radical (unpaired) electrons. The number of nitrogens with one attached hydrogen (secondary N) is 2. The molecule has 206 valence electrons. The standard InChI is InChI=1S/C30H47N3O4/c1-9-21(5)25(32-29(36)37-30(6,7)8)28(35)33(20(3)4)26(23-16-14-15-22(10-2)19-23)27(34)31-24-17-12-11-13-18-24/h10,14-16,19-21,24-26H,2,9,11-13,17-18H2,1,3-8H3,(H,31,34)(H,32,36). The van der Waals surface area contributed by atoms with E-state index in [1.807, 2.05) is 52.0 Å². The molecule has 1 aliphatic rings. The van der Waals surface area contributed by atoms with Gasteiger partial charge in [0.1, 0.15) is 17.7 Å². The van der Waals surface area contributed by atoms with Crippen molar-refractivity contribution < 1.29 is 19.1 Å². The van der Waals surface area contributed by atoms with Crippen molar-refractivity contribution in [3.8, 4) is 0 Å². The summed E-state index contributed by atoms with van der Waals surface area (Å²) in [6.07, 6.45) is 6.99. The van der Waals surface area contributed by atoms with Gasteiger partial charge in [-0.3, -0.25) is 9.59 Å². The molecule has 0 heterocycles. The van der Waals surface area contributed by atoms with Crippen molar-refractivity contribution in [3.63, 3.8) is 0 Å². The van der Waals surface area contributed by atoms with Crippen LogP contribution in [0, 0.1) is 5.92 Å². The molecule has 2 rings (SSSR count). The van der Waals surface area contributed by atoms with Crippen molar-refractivity contribution in [1.29, 1.82) is 0 Å². The maximum atomic E-state index is 14.2. The molecule has 37 heavy (non-hydrogen) atoms. The van der Waals surface area contributed by atoms with Gasteiger partial charge in [-0.25, -0.2) is 4.79 Å². The molecule has 1 aliphatic carbocycles. The highest BCUT2D eigenvalue weighted by atomic mass is 16.6. The molecular weight excluding hydrogens is 466 g/mol. The Bertz CT molecular complexity index is 931. The summed E-state index contributed by atoms with van der Waals surface area (Å²) in [4.78, 5) is 42.4. The molecule has 1 saturated carbocycles. The number of hydrogen-bond donors (Lipinski definition) is 2. The maximum Gasteiger partial charge on any atom is 0.408 e. The van der Waals surface area contributed by atoms with Gasteiger partial charge in [0.15, 0.2) is 0 Å². The molecule has 1 aromatic carbocycles. The molecule has 0 bridgehead atoms. The van der Waals surface area contributed by atoms with Gasteiger partial charge in [0, 0.05) is 12.1 Å². The molecule has 1 fully saturated rings. The summed E-state index contributed by atoms with van der Waals surface area (Å²) in [6.45, 7) is 16.9. The summed E-state index contributed by atoms with van der Waals surface area (Å²) >= 11 is 0. The number of alkyl carbamates (subject to hydrolysis) is 1. The lowest BCUT2D eigenvalue weighted by Gasteiger charge is -2.39. The van der Waals surface area contributed by atoms with Gasteiger partial charge in [-0.05, 0) is 70.6 Å². The van der Waals surface area contributed by atoms with Crippen molar-refractivity contribution in [2.75, 3.05) is 0 Å². The van der Waals surface area contributed by atoms with E-state index in [0.29, 0.717) is 12.0 Å². The molecule has 0 aromatic heterocycles. The van der Waals surface area contributed by atoms with Crippen LogP contribution >= 0.6 is 0 Å². The van der Waals surface area contributed by atoms with Crippen LogP contribution in [0.4, 0.5) is 4.79 Å². The molecule has 3 unspecified atom stereocenters. The lowest BCUT2D eigenvalue weighted by Crippen LogP contribution is -2.57. The first-order valence-electron chi connectivity index (χ1n) is 13.7. The van der Waals surface area contributed by atoms with Gasteiger partial charge in [-0.1, -0.05) is 70.4 Å². The number of ether oxygens (including phenoxy) is 1. The SMILES string of the molecule is C=Cc1cccc(C(C(=O)NC2CCCCC2)N(C(=O)C(NC(=O)OC(C)(C)C)C(C)CC)C(C)C)c1. The minimum absolute atomic E-state index is 0.0979.